The van der Waals surface area contributed by atoms with Crippen molar-refractivity contribution in [3.05, 3.63) is 106 Å². The standard InChI is InChI=1S/C32H30ClFN6O2/c1-38-14-16-39(17-15-38)23-10-8-22(9-11-23)36-32-35-18-25-30(41)26(29-27(33)4-3-5-28(29)34)20-40(31(25)37-32)19-21-6-12-24(42-2)13-7-21/h3-13,18,20H,14-17,19H2,1-2H3,(H,35,36,37). The Labute approximate surface area is 248 Å². The lowest BCUT2D eigenvalue weighted by molar-refractivity contribution is 0.313. The van der Waals surface area contributed by atoms with Gasteiger partial charge in [0, 0.05) is 62.1 Å². The summed E-state index contributed by atoms with van der Waals surface area (Å²) in [5.41, 5.74) is 3.15. The highest BCUT2D eigenvalue weighted by atomic mass is 35.5. The van der Waals surface area contributed by atoms with Crippen LogP contribution in [0.1, 0.15) is 5.56 Å². The van der Waals surface area contributed by atoms with Gasteiger partial charge in [-0.05, 0) is 61.1 Å². The number of aromatic nitrogens is 3. The van der Waals surface area contributed by atoms with Crippen molar-refractivity contribution in [2.45, 2.75) is 6.54 Å². The van der Waals surface area contributed by atoms with E-state index in [0.717, 1.165) is 43.2 Å². The maximum absolute atomic E-state index is 14.9. The predicted molar refractivity (Wildman–Crippen MR) is 166 cm³/mol. The summed E-state index contributed by atoms with van der Waals surface area (Å²) in [7, 11) is 3.75. The smallest absolute Gasteiger partial charge is 0.229 e. The fourth-order valence-electron chi connectivity index (χ4n) is 5.16. The number of fused-ring (bicyclic) bond motifs is 1. The summed E-state index contributed by atoms with van der Waals surface area (Å²) in [6.07, 6.45) is 3.09. The number of nitrogens with one attached hydrogen (secondary N) is 1. The molecule has 0 amide bonds. The summed E-state index contributed by atoms with van der Waals surface area (Å²) in [6.45, 7) is 4.42. The Kier molecular flexibility index (Phi) is 7.78. The van der Waals surface area contributed by atoms with E-state index in [0.29, 0.717) is 18.1 Å². The molecule has 214 valence electrons. The molecule has 0 spiro atoms. The van der Waals surface area contributed by atoms with Crippen LogP contribution in [0, 0.1) is 5.82 Å². The van der Waals surface area contributed by atoms with Crippen molar-refractivity contribution in [2.24, 2.45) is 0 Å². The SMILES string of the molecule is COc1ccc(Cn2cc(-c3c(F)cccc3Cl)c(=O)c3cnc(Nc4ccc(N5CCN(C)CC5)cc4)nc32)cc1. The summed E-state index contributed by atoms with van der Waals surface area (Å²) in [6, 6.07) is 20.1. The van der Waals surface area contributed by atoms with Crippen LogP contribution in [0.15, 0.2) is 83.9 Å². The number of hydrogen-bond acceptors (Lipinski definition) is 7. The lowest BCUT2D eigenvalue weighted by Crippen LogP contribution is -2.44. The monoisotopic (exact) mass is 584 g/mol. The highest BCUT2D eigenvalue weighted by molar-refractivity contribution is 6.33. The van der Waals surface area contributed by atoms with Crippen molar-refractivity contribution < 1.29 is 9.13 Å². The summed E-state index contributed by atoms with van der Waals surface area (Å²) in [5, 5.41) is 3.68. The zero-order valence-electron chi connectivity index (χ0n) is 23.3. The van der Waals surface area contributed by atoms with Crippen LogP contribution < -0.4 is 20.4 Å². The first kappa shape index (κ1) is 27.7. The van der Waals surface area contributed by atoms with Crippen LogP contribution in [0.2, 0.25) is 5.02 Å². The number of benzene rings is 3. The van der Waals surface area contributed by atoms with Crippen molar-refractivity contribution in [3.8, 4) is 16.9 Å². The molecule has 0 saturated carbocycles. The maximum atomic E-state index is 14.9. The van der Waals surface area contributed by atoms with Gasteiger partial charge in [-0.1, -0.05) is 29.8 Å². The molecular weight excluding hydrogens is 555 g/mol. The third-order valence-corrected chi connectivity index (χ3v) is 7.87. The van der Waals surface area contributed by atoms with Crippen molar-refractivity contribution in [1.29, 1.82) is 0 Å². The molecule has 0 atom stereocenters. The molecule has 1 saturated heterocycles. The Morgan fingerprint density at radius 1 is 1.00 bits per heavy atom. The number of nitrogens with zero attached hydrogens (tertiary/aromatic N) is 5. The molecule has 1 aliphatic heterocycles. The summed E-state index contributed by atoms with van der Waals surface area (Å²) < 4.78 is 22.0. The predicted octanol–water partition coefficient (Wildman–Crippen LogP) is 5.80. The number of halogens is 2. The van der Waals surface area contributed by atoms with Gasteiger partial charge < -0.3 is 24.4 Å². The van der Waals surface area contributed by atoms with Crippen LogP contribution in [0.4, 0.5) is 21.7 Å². The molecule has 10 heteroatoms. The third kappa shape index (κ3) is 5.66. The van der Waals surface area contributed by atoms with Crippen LogP contribution >= 0.6 is 11.6 Å². The molecule has 1 aliphatic rings. The van der Waals surface area contributed by atoms with Crippen LogP contribution in [-0.4, -0.2) is 59.8 Å². The average Bonchev–Trinajstić information content (AvgIpc) is 3.00. The molecular formula is C32H30ClFN6O2. The van der Waals surface area contributed by atoms with Gasteiger partial charge in [0.2, 0.25) is 11.4 Å². The Bertz CT molecular complexity index is 1760. The van der Waals surface area contributed by atoms with E-state index < -0.39 is 11.2 Å². The number of anilines is 3. The number of ether oxygens (including phenoxy) is 1. The minimum absolute atomic E-state index is 0.0530. The lowest BCUT2D eigenvalue weighted by Gasteiger charge is -2.34. The highest BCUT2D eigenvalue weighted by Crippen LogP contribution is 2.30. The summed E-state index contributed by atoms with van der Waals surface area (Å²) >= 11 is 6.37. The van der Waals surface area contributed by atoms with E-state index >= 15 is 0 Å². The van der Waals surface area contributed by atoms with Crippen molar-refractivity contribution in [1.82, 2.24) is 19.4 Å². The minimum Gasteiger partial charge on any atom is -0.497 e. The molecule has 1 N–H and O–H groups in total. The fourth-order valence-corrected chi connectivity index (χ4v) is 5.43. The number of methoxy groups -OCH3 is 1. The van der Waals surface area contributed by atoms with E-state index in [4.69, 9.17) is 21.3 Å². The molecule has 2 aromatic heterocycles. The first-order valence-corrected chi connectivity index (χ1v) is 14.1. The van der Waals surface area contributed by atoms with Crippen LogP contribution in [0.5, 0.6) is 5.75 Å². The molecule has 0 bridgehead atoms. The molecule has 0 aliphatic carbocycles. The van der Waals surface area contributed by atoms with Gasteiger partial charge in [0.15, 0.2) is 0 Å². The Morgan fingerprint density at radius 2 is 1.74 bits per heavy atom. The van der Waals surface area contributed by atoms with E-state index in [-0.39, 0.29) is 21.5 Å². The van der Waals surface area contributed by atoms with Crippen LogP contribution in [0.25, 0.3) is 22.2 Å². The number of hydrogen-bond donors (Lipinski definition) is 1. The van der Waals surface area contributed by atoms with Gasteiger partial charge in [0.05, 0.1) is 23.1 Å². The number of likely N-dealkylation sites (N-methyl/N-ethyl adjacent to an activating group) is 1. The van der Waals surface area contributed by atoms with Gasteiger partial charge in [0.25, 0.3) is 0 Å². The first-order chi connectivity index (χ1) is 20.4. The lowest BCUT2D eigenvalue weighted by atomic mass is 10.0. The number of rotatable bonds is 7. The Balaban J connectivity index is 1.37. The molecule has 6 rings (SSSR count). The van der Waals surface area contributed by atoms with E-state index in [1.54, 1.807) is 19.4 Å². The molecule has 8 nitrogen and oxygen atoms in total. The van der Waals surface area contributed by atoms with Gasteiger partial charge in [-0.2, -0.15) is 4.98 Å². The fraction of sp³-hybridized carbons (Fsp3) is 0.219. The molecule has 1 fully saturated rings. The van der Waals surface area contributed by atoms with Crippen LogP contribution in [-0.2, 0) is 6.54 Å². The Morgan fingerprint density at radius 3 is 2.43 bits per heavy atom. The molecule has 0 unspecified atom stereocenters. The topological polar surface area (TPSA) is 75.5 Å². The highest BCUT2D eigenvalue weighted by Gasteiger charge is 2.19. The zero-order valence-corrected chi connectivity index (χ0v) is 24.1. The first-order valence-electron chi connectivity index (χ1n) is 13.7. The number of piperazine rings is 1. The van der Waals surface area contributed by atoms with Gasteiger partial charge in [-0.3, -0.25) is 4.79 Å². The van der Waals surface area contributed by atoms with E-state index in [2.05, 4.69) is 39.3 Å². The zero-order chi connectivity index (χ0) is 29.2. The molecule has 42 heavy (non-hydrogen) atoms. The van der Waals surface area contributed by atoms with Crippen molar-refractivity contribution >= 4 is 40.0 Å². The molecule has 5 aromatic rings. The Hall–Kier alpha value is -4.47. The van der Waals surface area contributed by atoms with E-state index in [9.17, 15) is 9.18 Å². The van der Waals surface area contributed by atoms with Crippen LogP contribution in [0.3, 0.4) is 0 Å². The molecule has 3 heterocycles. The second kappa shape index (κ2) is 11.8. The summed E-state index contributed by atoms with van der Waals surface area (Å²) in [5.74, 6) is 0.498. The largest absolute Gasteiger partial charge is 0.497 e. The normalized spacial score (nSPS) is 13.9. The van der Waals surface area contributed by atoms with Gasteiger partial charge in [-0.15, -0.1) is 0 Å². The van der Waals surface area contributed by atoms with Gasteiger partial charge >= 0.3 is 0 Å². The van der Waals surface area contributed by atoms with Crippen molar-refractivity contribution in [2.75, 3.05) is 50.6 Å². The third-order valence-electron chi connectivity index (χ3n) is 7.55. The average molecular weight is 585 g/mol. The van der Waals surface area contributed by atoms with Gasteiger partial charge in [-0.25, -0.2) is 9.37 Å². The molecule has 0 radical (unpaired) electrons. The molecule has 3 aromatic carbocycles. The summed E-state index contributed by atoms with van der Waals surface area (Å²) in [4.78, 5) is 27.5. The van der Waals surface area contributed by atoms with E-state index in [1.807, 2.05) is 41.0 Å². The second-order valence-corrected chi connectivity index (χ2v) is 10.7. The maximum Gasteiger partial charge on any atom is 0.229 e. The van der Waals surface area contributed by atoms with Crippen molar-refractivity contribution in [3.63, 3.8) is 0 Å². The quantitative estimate of drug-likeness (QED) is 0.259. The van der Waals surface area contributed by atoms with E-state index in [1.165, 1.54) is 24.0 Å². The number of pyridine rings is 1. The minimum atomic E-state index is -0.575. The van der Waals surface area contributed by atoms with Gasteiger partial charge in [0.1, 0.15) is 17.2 Å². The second-order valence-electron chi connectivity index (χ2n) is 10.3.